The zero-order chi connectivity index (χ0) is 22.2. The molecule has 1 aromatic carbocycles. The fraction of sp³-hybridized carbons (Fsp3) is 0.348. The summed E-state index contributed by atoms with van der Waals surface area (Å²) in [6.45, 7) is 5.88. The number of hydrogen-bond acceptors (Lipinski definition) is 4. The number of amides is 2. The fourth-order valence-electron chi connectivity index (χ4n) is 3.75. The van der Waals surface area contributed by atoms with Crippen LogP contribution in [0.1, 0.15) is 33.6 Å². The summed E-state index contributed by atoms with van der Waals surface area (Å²) in [5.41, 5.74) is 1.82. The van der Waals surface area contributed by atoms with E-state index in [-0.39, 0.29) is 11.7 Å². The van der Waals surface area contributed by atoms with E-state index in [0.717, 1.165) is 22.9 Å². The third-order valence-electron chi connectivity index (χ3n) is 5.15. The number of aromatic nitrogens is 2. The van der Waals surface area contributed by atoms with Gasteiger partial charge < -0.3 is 15.0 Å². The number of carbonyl (C=O) groups excluding carboxylic acids is 2. The maximum Gasteiger partial charge on any atom is 0.410 e. The summed E-state index contributed by atoms with van der Waals surface area (Å²) >= 11 is 0. The van der Waals surface area contributed by atoms with E-state index in [2.05, 4.69) is 15.3 Å². The number of likely N-dealkylation sites (tertiary alicyclic amines) is 1. The maximum absolute atomic E-state index is 13.4. The van der Waals surface area contributed by atoms with Gasteiger partial charge in [0.05, 0.1) is 0 Å². The van der Waals surface area contributed by atoms with E-state index in [1.165, 1.54) is 17.0 Å². The number of nitrogens with one attached hydrogen (secondary N) is 2. The van der Waals surface area contributed by atoms with Gasteiger partial charge in [0.25, 0.3) is 0 Å². The van der Waals surface area contributed by atoms with Gasteiger partial charge in [0, 0.05) is 41.0 Å². The Bertz CT molecular complexity index is 1120. The van der Waals surface area contributed by atoms with E-state index in [1.807, 2.05) is 6.07 Å². The molecule has 2 amide bonds. The Kier molecular flexibility index (Phi) is 5.39. The number of aromatic amines is 1. The van der Waals surface area contributed by atoms with Crippen molar-refractivity contribution in [2.75, 3.05) is 11.9 Å². The minimum Gasteiger partial charge on any atom is -0.444 e. The first-order chi connectivity index (χ1) is 14.7. The summed E-state index contributed by atoms with van der Waals surface area (Å²) in [7, 11) is 0. The lowest BCUT2D eigenvalue weighted by atomic mass is 10.1. The molecule has 3 heterocycles. The number of benzene rings is 1. The van der Waals surface area contributed by atoms with Gasteiger partial charge in [-0.3, -0.25) is 9.69 Å². The molecular weight excluding hydrogens is 399 g/mol. The molecule has 2 aromatic heterocycles. The summed E-state index contributed by atoms with van der Waals surface area (Å²) in [5, 5.41) is 3.68. The molecule has 1 atom stereocenters. The zero-order valence-electron chi connectivity index (χ0n) is 17.7. The van der Waals surface area contributed by atoms with Gasteiger partial charge in [0.1, 0.15) is 23.3 Å². The largest absolute Gasteiger partial charge is 0.444 e. The Labute approximate surface area is 179 Å². The summed E-state index contributed by atoms with van der Waals surface area (Å²) in [4.78, 5) is 34.1. The molecule has 0 bridgehead atoms. The molecule has 7 nitrogen and oxygen atoms in total. The topological polar surface area (TPSA) is 87.3 Å². The summed E-state index contributed by atoms with van der Waals surface area (Å²) in [6.07, 6.45) is 4.29. The third kappa shape index (κ3) is 4.52. The van der Waals surface area contributed by atoms with Crippen LogP contribution in [0.2, 0.25) is 0 Å². The number of halogens is 1. The SMILES string of the molecule is CC(C)(C)OC(=O)N1CCCC1C(=O)Nc1ccc(-c2c[nH]c3cc(F)ccc23)cn1. The minimum absolute atomic E-state index is 0.286. The van der Waals surface area contributed by atoms with E-state index >= 15 is 0 Å². The van der Waals surface area contributed by atoms with E-state index in [4.69, 9.17) is 4.74 Å². The first-order valence-corrected chi connectivity index (χ1v) is 10.2. The molecule has 0 radical (unpaired) electrons. The highest BCUT2D eigenvalue weighted by Crippen LogP contribution is 2.29. The van der Waals surface area contributed by atoms with E-state index in [1.54, 1.807) is 45.3 Å². The van der Waals surface area contributed by atoms with Crippen molar-refractivity contribution in [3.05, 3.63) is 48.5 Å². The van der Waals surface area contributed by atoms with Gasteiger partial charge >= 0.3 is 6.09 Å². The van der Waals surface area contributed by atoms with Crippen LogP contribution in [0.15, 0.2) is 42.7 Å². The Morgan fingerprint density at radius 1 is 1.26 bits per heavy atom. The van der Waals surface area contributed by atoms with Gasteiger partial charge in [-0.05, 0) is 63.9 Å². The minimum atomic E-state index is -0.619. The van der Waals surface area contributed by atoms with Crippen molar-refractivity contribution < 1.29 is 18.7 Å². The predicted octanol–water partition coefficient (Wildman–Crippen LogP) is 4.71. The Hall–Kier alpha value is -3.42. The molecule has 1 aliphatic rings. The second kappa shape index (κ2) is 8.02. The summed E-state index contributed by atoms with van der Waals surface area (Å²) < 4.78 is 18.8. The normalized spacial score (nSPS) is 16.5. The number of hydrogen-bond donors (Lipinski definition) is 2. The van der Waals surface area contributed by atoms with Crippen molar-refractivity contribution in [3.63, 3.8) is 0 Å². The summed E-state index contributed by atoms with van der Waals surface area (Å²) in [5.74, 6) is -0.189. The van der Waals surface area contributed by atoms with Crippen LogP contribution in [-0.4, -0.2) is 45.1 Å². The van der Waals surface area contributed by atoms with Crippen LogP contribution < -0.4 is 5.32 Å². The number of rotatable bonds is 3. The van der Waals surface area contributed by atoms with E-state index < -0.39 is 17.7 Å². The van der Waals surface area contributed by atoms with Gasteiger partial charge in [0.2, 0.25) is 5.91 Å². The van der Waals surface area contributed by atoms with Gasteiger partial charge in [-0.25, -0.2) is 14.2 Å². The van der Waals surface area contributed by atoms with Crippen molar-refractivity contribution in [2.45, 2.75) is 45.3 Å². The molecule has 1 unspecified atom stereocenters. The average Bonchev–Trinajstić information content (AvgIpc) is 3.34. The van der Waals surface area contributed by atoms with Crippen molar-refractivity contribution in [1.82, 2.24) is 14.9 Å². The second-order valence-electron chi connectivity index (χ2n) is 8.65. The molecule has 0 aliphatic carbocycles. The summed E-state index contributed by atoms with van der Waals surface area (Å²) in [6, 6.07) is 7.55. The van der Waals surface area contributed by atoms with Crippen LogP contribution in [0.4, 0.5) is 15.0 Å². The molecule has 3 aromatic rings. The smallest absolute Gasteiger partial charge is 0.410 e. The molecule has 0 spiro atoms. The van der Waals surface area contributed by atoms with Gasteiger partial charge in [-0.2, -0.15) is 0 Å². The molecule has 1 fully saturated rings. The average molecular weight is 424 g/mol. The van der Waals surface area contributed by atoms with E-state index in [9.17, 15) is 14.0 Å². The van der Waals surface area contributed by atoms with Crippen LogP contribution in [0, 0.1) is 5.82 Å². The molecule has 31 heavy (non-hydrogen) atoms. The number of fused-ring (bicyclic) bond motifs is 1. The molecule has 162 valence electrons. The number of H-pyrrole nitrogens is 1. The van der Waals surface area contributed by atoms with Crippen molar-refractivity contribution in [1.29, 1.82) is 0 Å². The van der Waals surface area contributed by atoms with Crippen molar-refractivity contribution in [3.8, 4) is 11.1 Å². The molecule has 0 saturated carbocycles. The second-order valence-corrected chi connectivity index (χ2v) is 8.65. The number of carbonyl (C=O) groups is 2. The quantitative estimate of drug-likeness (QED) is 0.638. The zero-order valence-corrected chi connectivity index (χ0v) is 17.7. The maximum atomic E-state index is 13.4. The van der Waals surface area contributed by atoms with Crippen LogP contribution in [0.25, 0.3) is 22.0 Å². The Balaban J connectivity index is 1.46. The molecular formula is C23H25FN4O3. The lowest BCUT2D eigenvalue weighted by Gasteiger charge is -2.27. The third-order valence-corrected chi connectivity index (χ3v) is 5.15. The standard InChI is InChI=1S/C23H25FN4O3/c1-23(2,3)31-22(30)28-10-4-5-19(28)21(29)27-20-9-6-14(12-26-20)17-13-25-18-11-15(24)7-8-16(17)18/h6-9,11-13,19,25H,4-5,10H2,1-3H3,(H,26,27,29). The highest BCUT2D eigenvalue weighted by Gasteiger charge is 2.36. The monoisotopic (exact) mass is 424 g/mol. The molecule has 4 rings (SSSR count). The van der Waals surface area contributed by atoms with Gasteiger partial charge in [-0.1, -0.05) is 0 Å². The highest BCUT2D eigenvalue weighted by molar-refractivity contribution is 5.97. The fourth-order valence-corrected chi connectivity index (χ4v) is 3.75. The van der Waals surface area contributed by atoms with Gasteiger partial charge in [0.15, 0.2) is 0 Å². The molecule has 1 saturated heterocycles. The van der Waals surface area contributed by atoms with Crippen molar-refractivity contribution in [2.24, 2.45) is 0 Å². The predicted molar refractivity (Wildman–Crippen MR) is 116 cm³/mol. The van der Waals surface area contributed by atoms with Crippen LogP contribution in [0.5, 0.6) is 0 Å². The number of anilines is 1. The Morgan fingerprint density at radius 2 is 2.06 bits per heavy atom. The Morgan fingerprint density at radius 3 is 2.77 bits per heavy atom. The number of pyridine rings is 1. The molecule has 8 heteroatoms. The van der Waals surface area contributed by atoms with Crippen molar-refractivity contribution >= 4 is 28.7 Å². The lowest BCUT2D eigenvalue weighted by Crippen LogP contribution is -2.45. The van der Waals surface area contributed by atoms with Gasteiger partial charge in [-0.15, -0.1) is 0 Å². The highest BCUT2D eigenvalue weighted by atomic mass is 19.1. The number of nitrogens with zero attached hydrogens (tertiary/aromatic N) is 2. The van der Waals surface area contributed by atoms with E-state index in [0.29, 0.717) is 24.3 Å². The molecule has 1 aliphatic heterocycles. The first-order valence-electron chi connectivity index (χ1n) is 10.2. The van der Waals surface area contributed by atoms with Crippen LogP contribution >= 0.6 is 0 Å². The molecule has 2 N–H and O–H groups in total. The number of ether oxygens (including phenoxy) is 1. The van der Waals surface area contributed by atoms with Crippen LogP contribution in [-0.2, 0) is 9.53 Å². The van der Waals surface area contributed by atoms with Crippen LogP contribution in [0.3, 0.4) is 0 Å². The lowest BCUT2D eigenvalue weighted by molar-refractivity contribution is -0.120. The first kappa shape index (κ1) is 20.8.